The molecular weight excluding hydrogens is 276 g/mol. The Morgan fingerprint density at radius 3 is 2.75 bits per heavy atom. The third kappa shape index (κ3) is 3.72. The van der Waals surface area contributed by atoms with Crippen LogP contribution in [-0.2, 0) is 4.79 Å². The molecule has 1 saturated carbocycles. The van der Waals surface area contributed by atoms with Crippen LogP contribution in [0.4, 0.5) is 0 Å². The van der Waals surface area contributed by atoms with Crippen LogP contribution in [0.2, 0.25) is 5.02 Å². The Bertz CT molecular complexity index is 450. The number of halogens is 1. The van der Waals surface area contributed by atoms with E-state index < -0.39 is 6.10 Å². The Morgan fingerprint density at radius 2 is 2.10 bits per heavy atom. The number of carbonyl (C=O) groups excluding carboxylic acids is 1. The second kappa shape index (κ2) is 7.07. The van der Waals surface area contributed by atoms with Gasteiger partial charge in [0.15, 0.2) is 0 Å². The molecule has 3 atom stereocenters. The minimum absolute atomic E-state index is 0.00239. The van der Waals surface area contributed by atoms with Gasteiger partial charge in [0.25, 0.3) is 0 Å². The zero-order valence-corrected chi connectivity index (χ0v) is 12.1. The first-order chi connectivity index (χ1) is 9.61. The molecule has 0 heterocycles. The maximum Gasteiger partial charge on any atom is 0.223 e. The molecule has 0 aliphatic heterocycles. The number of aliphatic hydroxyl groups is 1. The number of rotatable bonds is 5. The number of nitrogens with one attached hydrogen (secondary N) is 1. The van der Waals surface area contributed by atoms with Crippen LogP contribution in [0.1, 0.15) is 30.9 Å². The van der Waals surface area contributed by atoms with Crippen LogP contribution in [0.5, 0.6) is 0 Å². The van der Waals surface area contributed by atoms with Crippen LogP contribution in [0.3, 0.4) is 0 Å². The Balaban J connectivity index is 1.85. The van der Waals surface area contributed by atoms with Crippen molar-refractivity contribution in [1.82, 2.24) is 5.32 Å². The van der Waals surface area contributed by atoms with Crippen molar-refractivity contribution in [3.63, 3.8) is 0 Å². The highest BCUT2D eigenvalue weighted by atomic mass is 35.5. The molecule has 0 saturated heterocycles. The summed E-state index contributed by atoms with van der Waals surface area (Å²) in [6, 6.07) is 6.97. The van der Waals surface area contributed by atoms with Crippen molar-refractivity contribution < 1.29 is 9.90 Å². The largest absolute Gasteiger partial charge is 0.387 e. The van der Waals surface area contributed by atoms with Gasteiger partial charge in [-0.05, 0) is 43.0 Å². The maximum absolute atomic E-state index is 12.1. The number of benzene rings is 1. The minimum atomic E-state index is -0.714. The molecule has 1 unspecified atom stereocenters. The third-order valence-corrected chi connectivity index (χ3v) is 4.27. The van der Waals surface area contributed by atoms with E-state index in [2.05, 4.69) is 5.32 Å². The summed E-state index contributed by atoms with van der Waals surface area (Å²) in [6.45, 7) is 0.770. The quantitative estimate of drug-likeness (QED) is 0.776. The monoisotopic (exact) mass is 296 g/mol. The lowest BCUT2D eigenvalue weighted by molar-refractivity contribution is -0.126. The van der Waals surface area contributed by atoms with Gasteiger partial charge in [0.05, 0.1) is 6.10 Å². The first-order valence-electron chi connectivity index (χ1n) is 7.03. The fourth-order valence-electron chi connectivity index (χ4n) is 2.80. The van der Waals surface area contributed by atoms with E-state index in [1.54, 1.807) is 24.3 Å². The highest BCUT2D eigenvalue weighted by molar-refractivity contribution is 6.30. The molecule has 110 valence electrons. The SMILES string of the molecule is NC[C@H]1CCC[C@H]1C(=O)NCC(O)c1ccc(Cl)cc1. The van der Waals surface area contributed by atoms with E-state index in [0.717, 1.165) is 24.8 Å². The van der Waals surface area contributed by atoms with Crippen LogP contribution in [0, 0.1) is 11.8 Å². The topological polar surface area (TPSA) is 75.4 Å². The average molecular weight is 297 g/mol. The molecule has 1 fully saturated rings. The smallest absolute Gasteiger partial charge is 0.223 e. The van der Waals surface area contributed by atoms with E-state index in [4.69, 9.17) is 17.3 Å². The summed E-state index contributed by atoms with van der Waals surface area (Å²) in [5.41, 5.74) is 6.43. The molecule has 1 aliphatic rings. The second-order valence-corrected chi connectivity index (χ2v) is 5.78. The lowest BCUT2D eigenvalue weighted by Crippen LogP contribution is -2.37. The van der Waals surface area contributed by atoms with Crippen molar-refractivity contribution in [3.8, 4) is 0 Å². The summed E-state index contributed by atoms with van der Waals surface area (Å²) in [4.78, 5) is 12.1. The number of nitrogens with two attached hydrogens (primary N) is 1. The highest BCUT2D eigenvalue weighted by Gasteiger charge is 2.31. The van der Waals surface area contributed by atoms with E-state index in [1.165, 1.54) is 0 Å². The van der Waals surface area contributed by atoms with Gasteiger partial charge in [0, 0.05) is 17.5 Å². The van der Waals surface area contributed by atoms with Gasteiger partial charge in [-0.25, -0.2) is 0 Å². The van der Waals surface area contributed by atoms with Gasteiger partial charge in [-0.2, -0.15) is 0 Å². The summed E-state index contributed by atoms with van der Waals surface area (Å²) in [5, 5.41) is 13.5. The molecule has 0 radical (unpaired) electrons. The van der Waals surface area contributed by atoms with Gasteiger partial charge in [0.1, 0.15) is 0 Å². The Labute approximate surface area is 124 Å². The van der Waals surface area contributed by atoms with Gasteiger partial charge in [-0.3, -0.25) is 4.79 Å². The molecular formula is C15H21ClN2O2. The first-order valence-corrected chi connectivity index (χ1v) is 7.41. The fourth-order valence-corrected chi connectivity index (χ4v) is 2.92. The third-order valence-electron chi connectivity index (χ3n) is 4.02. The number of hydrogen-bond acceptors (Lipinski definition) is 3. The van der Waals surface area contributed by atoms with Crippen LogP contribution >= 0.6 is 11.6 Å². The van der Waals surface area contributed by atoms with Gasteiger partial charge >= 0.3 is 0 Å². The molecule has 0 spiro atoms. The summed E-state index contributed by atoms with van der Waals surface area (Å²) in [5.74, 6) is 0.283. The Morgan fingerprint density at radius 1 is 1.40 bits per heavy atom. The lowest BCUT2D eigenvalue weighted by Gasteiger charge is -2.19. The standard InChI is InChI=1S/C15H21ClN2O2/c16-12-6-4-10(5-7-12)14(19)9-18-15(20)13-3-1-2-11(13)8-17/h4-7,11,13-14,19H,1-3,8-9,17H2,(H,18,20)/t11-,13-,14?/m1/s1. The summed E-state index contributed by atoms with van der Waals surface area (Å²) >= 11 is 5.80. The van der Waals surface area contributed by atoms with Crippen molar-refractivity contribution in [2.75, 3.05) is 13.1 Å². The van der Waals surface area contributed by atoms with E-state index in [-0.39, 0.29) is 24.3 Å². The Hall–Kier alpha value is -1.10. The van der Waals surface area contributed by atoms with E-state index in [9.17, 15) is 9.90 Å². The predicted molar refractivity (Wildman–Crippen MR) is 79.3 cm³/mol. The molecule has 2 rings (SSSR count). The zero-order valence-electron chi connectivity index (χ0n) is 11.4. The van der Waals surface area contributed by atoms with Crippen molar-refractivity contribution in [2.24, 2.45) is 17.6 Å². The highest BCUT2D eigenvalue weighted by Crippen LogP contribution is 2.31. The van der Waals surface area contributed by atoms with E-state index in [1.807, 2.05) is 0 Å². The summed E-state index contributed by atoms with van der Waals surface area (Å²) in [6.07, 6.45) is 2.26. The van der Waals surface area contributed by atoms with Crippen molar-refractivity contribution in [2.45, 2.75) is 25.4 Å². The van der Waals surface area contributed by atoms with E-state index >= 15 is 0 Å². The summed E-state index contributed by atoms with van der Waals surface area (Å²) < 4.78 is 0. The normalized spacial score (nSPS) is 23.6. The van der Waals surface area contributed by atoms with Crippen molar-refractivity contribution >= 4 is 17.5 Å². The molecule has 20 heavy (non-hydrogen) atoms. The van der Waals surface area contributed by atoms with Crippen LogP contribution in [0.25, 0.3) is 0 Å². The van der Waals surface area contributed by atoms with Crippen LogP contribution in [0.15, 0.2) is 24.3 Å². The fraction of sp³-hybridized carbons (Fsp3) is 0.533. The Kier molecular flexibility index (Phi) is 5.40. The molecule has 1 aromatic carbocycles. The number of aliphatic hydroxyl groups excluding tert-OH is 1. The molecule has 0 aromatic heterocycles. The number of amides is 1. The number of carbonyl (C=O) groups is 1. The second-order valence-electron chi connectivity index (χ2n) is 5.35. The molecule has 4 nitrogen and oxygen atoms in total. The van der Waals surface area contributed by atoms with Crippen LogP contribution in [-0.4, -0.2) is 24.1 Å². The minimum Gasteiger partial charge on any atom is -0.387 e. The van der Waals surface area contributed by atoms with Gasteiger partial charge < -0.3 is 16.2 Å². The number of hydrogen-bond donors (Lipinski definition) is 3. The summed E-state index contributed by atoms with van der Waals surface area (Å²) in [7, 11) is 0. The van der Waals surface area contributed by atoms with Gasteiger partial charge in [0.2, 0.25) is 5.91 Å². The lowest BCUT2D eigenvalue weighted by atomic mass is 9.95. The first kappa shape index (κ1) is 15.3. The molecule has 0 bridgehead atoms. The molecule has 4 N–H and O–H groups in total. The molecule has 1 aliphatic carbocycles. The molecule has 5 heteroatoms. The van der Waals surface area contributed by atoms with E-state index in [0.29, 0.717) is 11.6 Å². The van der Waals surface area contributed by atoms with Gasteiger partial charge in [-0.15, -0.1) is 0 Å². The zero-order chi connectivity index (χ0) is 14.5. The van der Waals surface area contributed by atoms with Gasteiger partial charge in [-0.1, -0.05) is 30.2 Å². The van der Waals surface area contributed by atoms with Crippen molar-refractivity contribution in [3.05, 3.63) is 34.9 Å². The predicted octanol–water partition coefficient (Wildman–Crippen LogP) is 1.86. The van der Waals surface area contributed by atoms with Crippen molar-refractivity contribution in [1.29, 1.82) is 0 Å². The average Bonchev–Trinajstić information content (AvgIpc) is 2.93. The molecule has 1 aromatic rings. The molecule has 1 amide bonds. The van der Waals surface area contributed by atoms with Crippen LogP contribution < -0.4 is 11.1 Å². The maximum atomic E-state index is 12.1.